The summed E-state index contributed by atoms with van der Waals surface area (Å²) in [4.78, 5) is 12.5. The van der Waals surface area contributed by atoms with Crippen molar-refractivity contribution in [3.63, 3.8) is 0 Å². The van der Waals surface area contributed by atoms with Crippen LogP contribution in [-0.2, 0) is 43.6 Å². The van der Waals surface area contributed by atoms with Crippen molar-refractivity contribution in [3.8, 4) is 11.5 Å². The van der Waals surface area contributed by atoms with Crippen LogP contribution in [0.15, 0.2) is 115 Å². The molecule has 1 aliphatic rings. The molecule has 1 aliphatic heterocycles. The molecule has 1 saturated heterocycles. The highest BCUT2D eigenvalue weighted by atomic mass is 16.7. The van der Waals surface area contributed by atoms with Gasteiger partial charge in [0.25, 0.3) is 0 Å². The fourth-order valence-electron chi connectivity index (χ4n) is 4.99. The van der Waals surface area contributed by atoms with Gasteiger partial charge in [-0.15, -0.1) is 0 Å². The average molecular weight is 584 g/mol. The summed E-state index contributed by atoms with van der Waals surface area (Å²) in [5, 5.41) is 12.8. The third-order valence-corrected chi connectivity index (χ3v) is 7.07. The van der Waals surface area contributed by atoms with Crippen LogP contribution in [0.1, 0.15) is 23.6 Å². The molecule has 0 unspecified atom stereocenters. The maximum Gasteiger partial charge on any atom is 0.223 e. The topological polar surface area (TPSA) is 95.5 Å². The molecule has 0 saturated carbocycles. The van der Waals surface area contributed by atoms with E-state index in [0.29, 0.717) is 19.0 Å². The Morgan fingerprint density at radius 3 is 1.77 bits per heavy atom. The molecular weight excluding hydrogens is 546 g/mol. The molecule has 1 amide bonds. The van der Waals surface area contributed by atoms with E-state index in [4.69, 9.17) is 23.7 Å². The molecule has 0 radical (unpaired) electrons. The van der Waals surface area contributed by atoms with Crippen molar-refractivity contribution in [2.45, 2.75) is 57.4 Å². The summed E-state index contributed by atoms with van der Waals surface area (Å²) in [6.45, 7) is 2.63. The van der Waals surface area contributed by atoms with Crippen LogP contribution < -0.4 is 10.1 Å². The molecule has 4 aromatic carbocycles. The smallest absolute Gasteiger partial charge is 0.223 e. The predicted molar refractivity (Wildman–Crippen MR) is 161 cm³/mol. The Hall–Kier alpha value is -4.21. The SMILES string of the molecule is CC(=O)N[C@H]1[C@@H](Oc2ccc(O)cc2)O[C@H](COCc2ccccc2)[C@@H](OCc2ccccc2)[C@@H]1OCc1ccccc1. The highest BCUT2D eigenvalue weighted by Crippen LogP contribution is 2.31. The quantitative estimate of drug-likeness (QED) is 0.218. The van der Waals surface area contributed by atoms with E-state index in [1.54, 1.807) is 12.1 Å². The molecular formula is C35H37NO7. The van der Waals surface area contributed by atoms with Crippen molar-refractivity contribution in [3.05, 3.63) is 132 Å². The Bertz CT molecular complexity index is 1390. The lowest BCUT2D eigenvalue weighted by Gasteiger charge is -2.46. The molecule has 8 nitrogen and oxygen atoms in total. The highest BCUT2D eigenvalue weighted by Gasteiger charge is 2.49. The fraction of sp³-hybridized carbons (Fsp3) is 0.286. The van der Waals surface area contributed by atoms with Crippen molar-refractivity contribution in [2.24, 2.45) is 0 Å². The van der Waals surface area contributed by atoms with Crippen molar-refractivity contribution in [1.29, 1.82) is 0 Å². The summed E-state index contributed by atoms with van der Waals surface area (Å²) in [5.41, 5.74) is 3.00. The summed E-state index contributed by atoms with van der Waals surface area (Å²) in [6.07, 6.45) is -2.80. The van der Waals surface area contributed by atoms with Gasteiger partial charge in [-0.2, -0.15) is 0 Å². The summed E-state index contributed by atoms with van der Waals surface area (Å²) in [5.74, 6) is 0.315. The number of benzene rings is 4. The van der Waals surface area contributed by atoms with E-state index < -0.39 is 30.6 Å². The van der Waals surface area contributed by atoms with Crippen LogP contribution in [-0.4, -0.2) is 48.3 Å². The second-order valence-electron chi connectivity index (χ2n) is 10.4. The van der Waals surface area contributed by atoms with Gasteiger partial charge in [0, 0.05) is 6.92 Å². The van der Waals surface area contributed by atoms with Crippen LogP contribution in [0.5, 0.6) is 11.5 Å². The number of amides is 1. The Balaban J connectivity index is 1.44. The number of phenolic OH excluding ortho intramolecular Hbond substituents is 1. The van der Waals surface area contributed by atoms with Crippen LogP contribution in [0.2, 0.25) is 0 Å². The maximum absolute atomic E-state index is 12.5. The van der Waals surface area contributed by atoms with Gasteiger partial charge in [-0.1, -0.05) is 91.0 Å². The minimum atomic E-state index is -0.934. The summed E-state index contributed by atoms with van der Waals surface area (Å²) >= 11 is 0. The second-order valence-corrected chi connectivity index (χ2v) is 10.4. The van der Waals surface area contributed by atoms with Gasteiger partial charge in [-0.25, -0.2) is 0 Å². The molecule has 0 aromatic heterocycles. The van der Waals surface area contributed by atoms with E-state index in [-0.39, 0.29) is 24.9 Å². The van der Waals surface area contributed by atoms with Gasteiger partial charge in [-0.3, -0.25) is 4.79 Å². The first-order valence-electron chi connectivity index (χ1n) is 14.4. The van der Waals surface area contributed by atoms with Crippen LogP contribution >= 0.6 is 0 Å². The van der Waals surface area contributed by atoms with Crippen LogP contribution in [0.25, 0.3) is 0 Å². The molecule has 2 N–H and O–H groups in total. The van der Waals surface area contributed by atoms with Crippen LogP contribution in [0.4, 0.5) is 0 Å². The summed E-state index contributed by atoms with van der Waals surface area (Å²) in [6, 6.07) is 35.2. The van der Waals surface area contributed by atoms with Gasteiger partial charge in [0.05, 0.1) is 26.4 Å². The number of phenols is 1. The van der Waals surface area contributed by atoms with Crippen molar-refractivity contribution < 1.29 is 33.6 Å². The van der Waals surface area contributed by atoms with E-state index in [0.717, 1.165) is 16.7 Å². The van der Waals surface area contributed by atoms with E-state index in [1.165, 1.54) is 19.1 Å². The van der Waals surface area contributed by atoms with E-state index in [2.05, 4.69) is 5.32 Å². The number of hydrogen-bond acceptors (Lipinski definition) is 7. The number of aromatic hydroxyl groups is 1. The lowest BCUT2D eigenvalue weighted by Crippen LogP contribution is -2.66. The van der Waals surface area contributed by atoms with Gasteiger partial charge >= 0.3 is 0 Å². The molecule has 8 heteroatoms. The van der Waals surface area contributed by atoms with Crippen LogP contribution in [0, 0.1) is 0 Å². The van der Waals surface area contributed by atoms with Crippen LogP contribution in [0.3, 0.4) is 0 Å². The Kier molecular flexibility index (Phi) is 10.8. The molecule has 0 aliphatic carbocycles. The number of carbonyl (C=O) groups is 1. The Labute approximate surface area is 252 Å². The van der Waals surface area contributed by atoms with Gasteiger partial charge in [0.1, 0.15) is 35.9 Å². The second kappa shape index (κ2) is 15.3. The monoisotopic (exact) mass is 583 g/mol. The Morgan fingerprint density at radius 1 is 0.721 bits per heavy atom. The standard InChI is InChI=1S/C35H37NO7/c1-25(37)36-32-34(41-23-28-15-9-4-10-16-28)33(40-22-27-13-7-3-8-14-27)31(24-39-21-26-11-5-2-6-12-26)43-35(32)42-30-19-17-29(38)18-20-30/h2-20,31-35,38H,21-24H2,1H3,(H,36,37)/t31-,32-,33-,34-,35+/m1/s1. The summed E-state index contributed by atoms with van der Waals surface area (Å²) in [7, 11) is 0. The molecule has 0 bridgehead atoms. The molecule has 4 aromatic rings. The van der Waals surface area contributed by atoms with E-state index in [1.807, 2.05) is 91.0 Å². The zero-order valence-electron chi connectivity index (χ0n) is 24.1. The molecule has 224 valence electrons. The molecule has 1 fully saturated rings. The number of hydrogen-bond donors (Lipinski definition) is 2. The molecule has 43 heavy (non-hydrogen) atoms. The first-order chi connectivity index (χ1) is 21.0. The minimum absolute atomic E-state index is 0.112. The number of rotatable bonds is 13. The lowest BCUT2D eigenvalue weighted by molar-refractivity contribution is -0.270. The fourth-order valence-corrected chi connectivity index (χ4v) is 4.99. The normalized spacial score (nSPS) is 21.7. The first-order valence-corrected chi connectivity index (χ1v) is 14.4. The average Bonchev–Trinajstić information content (AvgIpc) is 3.03. The largest absolute Gasteiger partial charge is 0.508 e. The zero-order chi connectivity index (χ0) is 29.9. The molecule has 1 heterocycles. The first kappa shape index (κ1) is 30.3. The Morgan fingerprint density at radius 2 is 1.23 bits per heavy atom. The van der Waals surface area contributed by atoms with Gasteiger partial charge in [0.2, 0.25) is 12.2 Å². The minimum Gasteiger partial charge on any atom is -0.508 e. The third-order valence-electron chi connectivity index (χ3n) is 7.07. The van der Waals surface area contributed by atoms with Crippen molar-refractivity contribution in [1.82, 2.24) is 5.32 Å². The van der Waals surface area contributed by atoms with Gasteiger partial charge in [0.15, 0.2) is 0 Å². The molecule has 5 atom stereocenters. The highest BCUT2D eigenvalue weighted by molar-refractivity contribution is 5.73. The lowest BCUT2D eigenvalue weighted by atomic mass is 9.95. The summed E-state index contributed by atoms with van der Waals surface area (Å²) < 4.78 is 32.1. The number of carbonyl (C=O) groups excluding carboxylic acids is 1. The van der Waals surface area contributed by atoms with Gasteiger partial charge < -0.3 is 34.1 Å². The van der Waals surface area contributed by atoms with Crippen molar-refractivity contribution in [2.75, 3.05) is 6.61 Å². The molecule has 0 spiro atoms. The molecule has 5 rings (SSSR count). The van der Waals surface area contributed by atoms with E-state index >= 15 is 0 Å². The third kappa shape index (κ3) is 8.89. The zero-order valence-corrected chi connectivity index (χ0v) is 24.1. The van der Waals surface area contributed by atoms with E-state index in [9.17, 15) is 9.90 Å². The predicted octanol–water partition coefficient (Wildman–Crippen LogP) is 5.39. The number of nitrogens with one attached hydrogen (secondary N) is 1. The van der Waals surface area contributed by atoms with Gasteiger partial charge in [-0.05, 0) is 41.0 Å². The number of ether oxygens (including phenoxy) is 5. The van der Waals surface area contributed by atoms with Crippen molar-refractivity contribution >= 4 is 5.91 Å². The maximum atomic E-state index is 12.5.